The molecule has 8 nitrogen and oxygen atoms in total. The second kappa shape index (κ2) is 7.24. The normalized spacial score (nSPS) is 16.2. The Morgan fingerprint density at radius 2 is 2.00 bits per heavy atom. The molecule has 2 heterocycles. The number of nitrogens with zero attached hydrogens (tertiary/aromatic N) is 4. The lowest BCUT2D eigenvalue weighted by atomic mass is 10.2. The summed E-state index contributed by atoms with van der Waals surface area (Å²) in [5, 5.41) is 16.6. The quantitative estimate of drug-likeness (QED) is 0.840. The van der Waals surface area contributed by atoms with Gasteiger partial charge in [0.15, 0.2) is 11.5 Å². The van der Waals surface area contributed by atoms with E-state index in [1.807, 2.05) is 24.9 Å². The number of carbonyl (C=O) groups is 2. The van der Waals surface area contributed by atoms with E-state index in [4.69, 9.17) is 11.6 Å². The van der Waals surface area contributed by atoms with Gasteiger partial charge in [-0.15, -0.1) is 0 Å². The minimum atomic E-state index is -1.19. The fourth-order valence-corrected chi connectivity index (χ4v) is 2.81. The number of anilines is 1. The monoisotopic (exact) mass is 387 g/mol. The Balaban J connectivity index is 2.05. The molecule has 1 aliphatic heterocycles. The van der Waals surface area contributed by atoms with Gasteiger partial charge in [-0.1, -0.05) is 23.7 Å². The molecule has 0 fully saturated rings. The van der Waals surface area contributed by atoms with E-state index < -0.39 is 11.9 Å². The summed E-state index contributed by atoms with van der Waals surface area (Å²) in [7, 11) is 1.87. The molecule has 27 heavy (non-hydrogen) atoms. The van der Waals surface area contributed by atoms with Gasteiger partial charge in [-0.05, 0) is 32.1 Å². The lowest BCUT2D eigenvalue weighted by Gasteiger charge is -2.24. The number of carbonyl (C=O) groups excluding carboxylic acids is 1. The smallest absolute Gasteiger partial charge is 0.356 e. The molecule has 1 atom stereocenters. The lowest BCUT2D eigenvalue weighted by Crippen LogP contribution is -2.29. The minimum absolute atomic E-state index is 0.0300. The van der Waals surface area contributed by atoms with E-state index in [1.165, 1.54) is 4.68 Å². The molecule has 1 aromatic carbocycles. The van der Waals surface area contributed by atoms with Crippen molar-refractivity contribution < 1.29 is 14.7 Å². The number of aromatic carboxylic acids is 1. The molecule has 140 valence electrons. The third-order valence-corrected chi connectivity index (χ3v) is 4.63. The van der Waals surface area contributed by atoms with Crippen LogP contribution in [0, 0.1) is 6.92 Å². The van der Waals surface area contributed by atoms with Crippen LogP contribution in [0.3, 0.4) is 0 Å². The van der Waals surface area contributed by atoms with E-state index in [0.29, 0.717) is 16.4 Å². The number of hydrogen-bond acceptors (Lipinski definition) is 5. The molecule has 0 aliphatic carbocycles. The third kappa shape index (κ3) is 3.56. The van der Waals surface area contributed by atoms with Gasteiger partial charge in [0.2, 0.25) is 0 Å². The fraction of sp³-hybridized carbons (Fsp3) is 0.222. The van der Waals surface area contributed by atoms with Crippen LogP contribution in [0.2, 0.25) is 5.02 Å². The van der Waals surface area contributed by atoms with Crippen LogP contribution in [-0.2, 0) is 0 Å². The average molecular weight is 388 g/mol. The van der Waals surface area contributed by atoms with Gasteiger partial charge >= 0.3 is 5.97 Å². The number of carboxylic acid groups (broad SMARTS) is 1. The second-order valence-corrected chi connectivity index (χ2v) is 6.56. The Kier molecular flexibility index (Phi) is 5.00. The van der Waals surface area contributed by atoms with Crippen LogP contribution in [0.1, 0.15) is 33.3 Å². The summed E-state index contributed by atoms with van der Waals surface area (Å²) in [4.78, 5) is 30.4. The van der Waals surface area contributed by atoms with Crippen molar-refractivity contribution in [1.29, 1.82) is 0 Å². The molecule has 2 aromatic rings. The number of benzene rings is 1. The molecule has 9 heteroatoms. The second-order valence-electron chi connectivity index (χ2n) is 6.15. The molecule has 1 aliphatic rings. The van der Waals surface area contributed by atoms with Crippen molar-refractivity contribution >= 4 is 41.5 Å². The Labute approximate surface area is 160 Å². The van der Waals surface area contributed by atoms with Gasteiger partial charge in [-0.25, -0.2) is 9.79 Å². The number of rotatable bonds is 4. The first kappa shape index (κ1) is 18.7. The molecule has 0 radical (unpaired) electrons. The minimum Gasteiger partial charge on any atom is -0.476 e. The van der Waals surface area contributed by atoms with Gasteiger partial charge in [0.1, 0.15) is 5.82 Å². The molecule has 0 saturated carbocycles. The highest BCUT2D eigenvalue weighted by molar-refractivity contribution is 6.34. The number of aromatic nitrogens is 2. The molecule has 0 saturated heterocycles. The summed E-state index contributed by atoms with van der Waals surface area (Å²) in [6.45, 7) is 3.54. The molecule has 1 aromatic heterocycles. The SMILES string of the molecule is Cc1c(C(=O)O)nn(C2=C[C@H](C)N(C)C=N2)c1NC(=O)c1ccccc1Cl. The summed E-state index contributed by atoms with van der Waals surface area (Å²) in [5.74, 6) is -1.000. The Hall–Kier alpha value is -3.13. The maximum atomic E-state index is 12.7. The Morgan fingerprint density at radius 3 is 2.63 bits per heavy atom. The van der Waals surface area contributed by atoms with E-state index in [-0.39, 0.29) is 23.1 Å². The number of halogens is 1. The van der Waals surface area contributed by atoms with Crippen molar-refractivity contribution in [2.45, 2.75) is 19.9 Å². The third-order valence-electron chi connectivity index (χ3n) is 4.30. The van der Waals surface area contributed by atoms with Crippen LogP contribution in [0.4, 0.5) is 5.82 Å². The lowest BCUT2D eigenvalue weighted by molar-refractivity contribution is 0.0689. The predicted octanol–water partition coefficient (Wildman–Crippen LogP) is 2.96. The van der Waals surface area contributed by atoms with Crippen molar-refractivity contribution in [2.75, 3.05) is 12.4 Å². The highest BCUT2D eigenvalue weighted by Gasteiger charge is 2.25. The van der Waals surface area contributed by atoms with Crippen LogP contribution in [-0.4, -0.2) is 51.1 Å². The standard InChI is InChI=1S/C18H18ClN5O3/c1-10-8-14(20-9-23(10)3)24-16(11(2)15(22-24)18(26)27)21-17(25)12-6-4-5-7-13(12)19/h4-10H,1-3H3,(H,21,25)(H,26,27)/t10-/m0/s1. The van der Waals surface area contributed by atoms with Crippen LogP contribution in [0.25, 0.3) is 5.82 Å². The van der Waals surface area contributed by atoms with Crippen LogP contribution >= 0.6 is 11.6 Å². The van der Waals surface area contributed by atoms with E-state index in [2.05, 4.69) is 15.4 Å². The number of amides is 1. The Morgan fingerprint density at radius 1 is 1.30 bits per heavy atom. The van der Waals surface area contributed by atoms with Crippen molar-refractivity contribution in [3.05, 3.63) is 52.2 Å². The molecule has 2 N–H and O–H groups in total. The zero-order valence-corrected chi connectivity index (χ0v) is 15.7. The molecule has 0 unspecified atom stereocenters. The summed E-state index contributed by atoms with van der Waals surface area (Å²) in [5.41, 5.74) is 0.440. The first-order chi connectivity index (χ1) is 12.8. The Bertz CT molecular complexity index is 979. The van der Waals surface area contributed by atoms with Gasteiger partial charge in [0, 0.05) is 18.7 Å². The molecule has 0 spiro atoms. The van der Waals surface area contributed by atoms with Crippen LogP contribution < -0.4 is 5.32 Å². The first-order valence-electron chi connectivity index (χ1n) is 8.16. The van der Waals surface area contributed by atoms with Crippen molar-refractivity contribution in [2.24, 2.45) is 4.99 Å². The number of aliphatic imine (C=N–C) groups is 1. The average Bonchev–Trinajstić information content (AvgIpc) is 2.94. The molecular weight excluding hydrogens is 370 g/mol. The molecule has 3 rings (SSSR count). The molecule has 1 amide bonds. The first-order valence-corrected chi connectivity index (χ1v) is 8.54. The van der Waals surface area contributed by atoms with Crippen molar-refractivity contribution in [3.8, 4) is 0 Å². The zero-order chi connectivity index (χ0) is 19.7. The number of likely N-dealkylation sites (N-methyl/N-ethyl adjacent to an activating group) is 1. The summed E-state index contributed by atoms with van der Waals surface area (Å²) < 4.78 is 1.33. The van der Waals surface area contributed by atoms with E-state index in [9.17, 15) is 14.7 Å². The van der Waals surface area contributed by atoms with Crippen LogP contribution in [0.15, 0.2) is 35.3 Å². The maximum absolute atomic E-state index is 12.7. The van der Waals surface area contributed by atoms with Gasteiger partial charge in [0.25, 0.3) is 5.91 Å². The van der Waals surface area contributed by atoms with Gasteiger partial charge in [0.05, 0.1) is 16.9 Å². The van der Waals surface area contributed by atoms with Crippen molar-refractivity contribution in [3.63, 3.8) is 0 Å². The van der Waals surface area contributed by atoms with Crippen LogP contribution in [0.5, 0.6) is 0 Å². The summed E-state index contributed by atoms with van der Waals surface area (Å²) >= 11 is 6.09. The largest absolute Gasteiger partial charge is 0.476 e. The highest BCUT2D eigenvalue weighted by Crippen LogP contribution is 2.26. The summed E-state index contributed by atoms with van der Waals surface area (Å²) in [6, 6.07) is 6.63. The van der Waals surface area contributed by atoms with Gasteiger partial charge in [-0.3, -0.25) is 4.79 Å². The number of hydrogen-bond donors (Lipinski definition) is 2. The van der Waals surface area contributed by atoms with E-state index >= 15 is 0 Å². The zero-order valence-electron chi connectivity index (χ0n) is 15.0. The molecule has 0 bridgehead atoms. The number of carboxylic acids is 1. The van der Waals surface area contributed by atoms with E-state index in [0.717, 1.165) is 0 Å². The number of nitrogens with one attached hydrogen (secondary N) is 1. The summed E-state index contributed by atoms with van der Waals surface area (Å²) in [6.07, 6.45) is 3.44. The topological polar surface area (TPSA) is 99.8 Å². The highest BCUT2D eigenvalue weighted by atomic mass is 35.5. The van der Waals surface area contributed by atoms with Crippen molar-refractivity contribution in [1.82, 2.24) is 14.7 Å². The molecular formula is C18H18ClN5O3. The maximum Gasteiger partial charge on any atom is 0.356 e. The van der Waals surface area contributed by atoms with Gasteiger partial charge in [-0.2, -0.15) is 9.78 Å². The fourth-order valence-electron chi connectivity index (χ4n) is 2.59. The van der Waals surface area contributed by atoms with E-state index in [1.54, 1.807) is 37.5 Å². The predicted molar refractivity (Wildman–Crippen MR) is 103 cm³/mol. The van der Waals surface area contributed by atoms with Gasteiger partial charge < -0.3 is 15.3 Å².